The summed E-state index contributed by atoms with van der Waals surface area (Å²) in [6.07, 6.45) is 13.9. The van der Waals surface area contributed by atoms with Gasteiger partial charge in [0.15, 0.2) is 0 Å². The van der Waals surface area contributed by atoms with Gasteiger partial charge in [-0.25, -0.2) is 9.78 Å². The zero-order valence-electron chi connectivity index (χ0n) is 29.1. The molecule has 0 bridgehead atoms. The number of carboxylic acids is 1. The van der Waals surface area contributed by atoms with Crippen molar-refractivity contribution in [3.05, 3.63) is 94.8 Å². The molecule has 3 aliphatic rings. The molecule has 4 aromatic rings. The first-order valence-electron chi connectivity index (χ1n) is 18.2. The van der Waals surface area contributed by atoms with E-state index in [1.807, 2.05) is 29.1 Å². The molecule has 0 amide bonds. The maximum atomic E-state index is 13.0. The summed E-state index contributed by atoms with van der Waals surface area (Å²) in [6, 6.07) is 16.0. The minimum absolute atomic E-state index is 0.150. The summed E-state index contributed by atoms with van der Waals surface area (Å²) in [7, 11) is 0. The molecular weight excluding hydrogens is 650 g/mol. The van der Waals surface area contributed by atoms with E-state index in [-0.39, 0.29) is 5.41 Å². The molecule has 0 radical (unpaired) electrons. The SMILES string of the molecule is C[C@@H](COc1ccnc2c1[C@H](C)CCC2)C[C@H]1Cc2ccc(OCCCn3cncn3)cc2C12CCC(Nc1cccc(Cl)c1)(C(=O)O)CC2. The van der Waals surface area contributed by atoms with Gasteiger partial charge < -0.3 is 19.9 Å². The standard InChI is InChI=1S/C40H48ClN5O4/c1-27(24-50-36-12-17-43-35-9-3-6-28(2)37(35)36)20-30-21-29-10-11-33(49-19-5-18-46-26-42-25-44-46)23-34(29)39(30)13-15-40(16-14-39,38(47)48)45-32-8-4-7-31(41)22-32/h4,7-8,10-12,17,22-23,25-28,30,45H,3,5-6,9,13-16,18-21,24H2,1-2H3,(H,47,48)/t27-,28-,30+,39?,40?/m1/s1. The maximum absolute atomic E-state index is 13.0. The minimum Gasteiger partial charge on any atom is -0.494 e. The van der Waals surface area contributed by atoms with Crippen LogP contribution in [0.3, 0.4) is 0 Å². The van der Waals surface area contributed by atoms with Gasteiger partial charge >= 0.3 is 5.97 Å². The van der Waals surface area contributed by atoms with Crippen LogP contribution in [0.4, 0.5) is 5.69 Å². The van der Waals surface area contributed by atoms with Crippen molar-refractivity contribution >= 4 is 23.3 Å². The average molecular weight is 698 g/mol. The number of anilines is 1. The molecule has 0 unspecified atom stereocenters. The number of hydrogen-bond donors (Lipinski definition) is 2. The van der Waals surface area contributed by atoms with Crippen LogP contribution < -0.4 is 14.8 Å². The number of pyridine rings is 1. The number of rotatable bonds is 13. The Morgan fingerprint density at radius 1 is 1.14 bits per heavy atom. The predicted octanol–water partition coefficient (Wildman–Crippen LogP) is 8.26. The molecule has 9 nitrogen and oxygen atoms in total. The van der Waals surface area contributed by atoms with Gasteiger partial charge in [0, 0.05) is 41.1 Å². The zero-order valence-corrected chi connectivity index (χ0v) is 29.9. The third-order valence-corrected chi connectivity index (χ3v) is 11.8. The third-order valence-electron chi connectivity index (χ3n) is 11.5. The second kappa shape index (κ2) is 14.6. The van der Waals surface area contributed by atoms with E-state index in [0.717, 1.165) is 62.3 Å². The Morgan fingerprint density at radius 3 is 2.78 bits per heavy atom. The van der Waals surface area contributed by atoms with Crippen LogP contribution in [-0.2, 0) is 29.6 Å². The van der Waals surface area contributed by atoms with E-state index in [4.69, 9.17) is 21.1 Å². The monoisotopic (exact) mass is 697 g/mol. The smallest absolute Gasteiger partial charge is 0.329 e. The van der Waals surface area contributed by atoms with Gasteiger partial charge in [0.05, 0.1) is 13.2 Å². The molecule has 2 aromatic heterocycles. The van der Waals surface area contributed by atoms with Crippen LogP contribution in [0, 0.1) is 11.8 Å². The molecule has 2 N–H and O–H groups in total. The number of benzene rings is 2. The molecule has 1 saturated carbocycles. The van der Waals surface area contributed by atoms with E-state index in [1.165, 1.54) is 35.2 Å². The van der Waals surface area contributed by atoms with Crippen LogP contribution >= 0.6 is 11.6 Å². The van der Waals surface area contributed by atoms with E-state index in [0.29, 0.717) is 48.8 Å². The fourth-order valence-electron chi connectivity index (χ4n) is 8.93. The summed E-state index contributed by atoms with van der Waals surface area (Å²) < 4.78 is 14.7. The van der Waals surface area contributed by atoms with E-state index < -0.39 is 11.5 Å². The van der Waals surface area contributed by atoms with Crippen LogP contribution in [0.15, 0.2) is 67.4 Å². The van der Waals surface area contributed by atoms with Gasteiger partial charge in [0.1, 0.15) is 29.7 Å². The van der Waals surface area contributed by atoms with Crippen LogP contribution in [0.1, 0.15) is 93.5 Å². The van der Waals surface area contributed by atoms with Gasteiger partial charge in [-0.15, -0.1) is 0 Å². The molecule has 50 heavy (non-hydrogen) atoms. The highest BCUT2D eigenvalue weighted by Crippen LogP contribution is 2.56. The van der Waals surface area contributed by atoms with Gasteiger partial charge in [-0.05, 0) is 128 Å². The van der Waals surface area contributed by atoms with Gasteiger partial charge in [-0.2, -0.15) is 5.10 Å². The number of aryl methyl sites for hydroxylation is 2. The Kier molecular flexibility index (Phi) is 10.0. The van der Waals surface area contributed by atoms with Crippen molar-refractivity contribution in [2.45, 2.75) is 101 Å². The van der Waals surface area contributed by atoms with Crippen molar-refractivity contribution in [2.75, 3.05) is 18.5 Å². The summed E-state index contributed by atoms with van der Waals surface area (Å²) in [5, 5.41) is 18.8. The lowest BCUT2D eigenvalue weighted by Crippen LogP contribution is -2.53. The minimum atomic E-state index is -1.06. The Morgan fingerprint density at radius 2 is 2.00 bits per heavy atom. The topological polar surface area (TPSA) is 111 Å². The molecule has 1 spiro atoms. The van der Waals surface area contributed by atoms with Crippen molar-refractivity contribution in [1.29, 1.82) is 0 Å². The molecule has 2 heterocycles. The number of nitrogens with one attached hydrogen (secondary N) is 1. The zero-order chi connectivity index (χ0) is 34.7. The first-order valence-corrected chi connectivity index (χ1v) is 18.6. The molecule has 2 aromatic carbocycles. The van der Waals surface area contributed by atoms with Crippen molar-refractivity contribution in [3.63, 3.8) is 0 Å². The van der Waals surface area contributed by atoms with Crippen molar-refractivity contribution < 1.29 is 19.4 Å². The number of carbonyl (C=O) groups is 1. The van der Waals surface area contributed by atoms with Crippen LogP contribution in [0.2, 0.25) is 5.02 Å². The van der Waals surface area contributed by atoms with Crippen LogP contribution in [0.5, 0.6) is 11.5 Å². The van der Waals surface area contributed by atoms with E-state index in [9.17, 15) is 9.90 Å². The van der Waals surface area contributed by atoms with Gasteiger partial charge in [-0.1, -0.05) is 37.6 Å². The number of hydrogen-bond acceptors (Lipinski definition) is 7. The highest BCUT2D eigenvalue weighted by atomic mass is 35.5. The Labute approximate surface area is 299 Å². The largest absolute Gasteiger partial charge is 0.494 e. The molecule has 3 atom stereocenters. The predicted molar refractivity (Wildman–Crippen MR) is 194 cm³/mol. The van der Waals surface area contributed by atoms with Crippen LogP contribution in [0.25, 0.3) is 0 Å². The highest BCUT2D eigenvalue weighted by molar-refractivity contribution is 6.30. The van der Waals surface area contributed by atoms with Gasteiger partial charge in [0.25, 0.3) is 0 Å². The Hall–Kier alpha value is -4.11. The first kappa shape index (κ1) is 34.3. The first-order chi connectivity index (χ1) is 24.2. The fraction of sp³-hybridized carbons (Fsp3) is 0.500. The van der Waals surface area contributed by atoms with Crippen molar-refractivity contribution in [2.24, 2.45) is 11.8 Å². The van der Waals surface area contributed by atoms with E-state index in [1.54, 1.807) is 24.8 Å². The summed E-state index contributed by atoms with van der Waals surface area (Å²) in [5.74, 6) is 2.17. The molecule has 7 rings (SSSR count). The molecule has 0 saturated heterocycles. The maximum Gasteiger partial charge on any atom is 0.329 e. The highest BCUT2D eigenvalue weighted by Gasteiger charge is 2.54. The molecular formula is C40H48ClN5O4. The van der Waals surface area contributed by atoms with Crippen molar-refractivity contribution in [1.82, 2.24) is 19.7 Å². The quantitative estimate of drug-likeness (QED) is 0.134. The van der Waals surface area contributed by atoms with Gasteiger partial charge in [0.2, 0.25) is 0 Å². The second-order valence-electron chi connectivity index (χ2n) is 14.9. The molecule has 0 aliphatic heterocycles. The molecule has 1 fully saturated rings. The van der Waals surface area contributed by atoms with Crippen molar-refractivity contribution in [3.8, 4) is 11.5 Å². The summed E-state index contributed by atoms with van der Waals surface area (Å²) in [6.45, 7) is 6.54. The summed E-state index contributed by atoms with van der Waals surface area (Å²) in [5.41, 5.74) is 4.66. The molecule has 10 heteroatoms. The second-order valence-corrected chi connectivity index (χ2v) is 15.3. The summed E-state index contributed by atoms with van der Waals surface area (Å²) in [4.78, 5) is 21.6. The Balaban J connectivity index is 1.10. The lowest BCUT2D eigenvalue weighted by atomic mass is 9.59. The fourth-order valence-corrected chi connectivity index (χ4v) is 9.12. The summed E-state index contributed by atoms with van der Waals surface area (Å²) >= 11 is 6.28. The third kappa shape index (κ3) is 7.07. The normalized spacial score (nSPS) is 24.7. The number of nitrogens with zero attached hydrogens (tertiary/aromatic N) is 4. The number of carboxylic acid groups (broad SMARTS) is 1. The average Bonchev–Trinajstić information content (AvgIpc) is 3.73. The number of ether oxygens (including phenoxy) is 2. The molecule has 3 aliphatic carbocycles. The van der Waals surface area contributed by atoms with E-state index in [2.05, 4.69) is 52.4 Å². The van der Waals surface area contributed by atoms with E-state index >= 15 is 0 Å². The molecule has 264 valence electrons. The lowest BCUT2D eigenvalue weighted by molar-refractivity contribution is -0.144. The Bertz CT molecular complexity index is 1790. The number of halogens is 1. The number of fused-ring (bicyclic) bond motifs is 3. The number of aromatic nitrogens is 4. The number of aliphatic carboxylic acids is 1. The lowest BCUT2D eigenvalue weighted by Gasteiger charge is -2.47. The van der Waals surface area contributed by atoms with Crippen LogP contribution in [-0.4, -0.2) is 49.6 Å². The van der Waals surface area contributed by atoms with Gasteiger partial charge in [-0.3, -0.25) is 9.67 Å².